The van der Waals surface area contributed by atoms with Gasteiger partial charge in [-0.2, -0.15) is 0 Å². The van der Waals surface area contributed by atoms with Crippen molar-refractivity contribution in [2.24, 2.45) is 0 Å². The number of piperidine rings is 1. The van der Waals surface area contributed by atoms with Gasteiger partial charge in [0.25, 0.3) is 0 Å². The second-order valence-electron chi connectivity index (χ2n) is 6.29. The first-order valence-corrected chi connectivity index (χ1v) is 7.98. The number of rotatable bonds is 2. The summed E-state index contributed by atoms with van der Waals surface area (Å²) in [6.07, 6.45) is 5.46. The van der Waals surface area contributed by atoms with Crippen molar-refractivity contribution >= 4 is 0 Å². The van der Waals surface area contributed by atoms with Crippen LogP contribution in [0.2, 0.25) is 0 Å². The Morgan fingerprint density at radius 3 is 2.60 bits per heavy atom. The molecule has 3 heterocycles. The van der Waals surface area contributed by atoms with E-state index < -0.39 is 0 Å². The van der Waals surface area contributed by atoms with Crippen LogP contribution in [0.25, 0.3) is 0 Å². The first-order chi connectivity index (χ1) is 9.92. The summed E-state index contributed by atoms with van der Waals surface area (Å²) in [7, 11) is 0. The van der Waals surface area contributed by atoms with Crippen LogP contribution in [0.3, 0.4) is 0 Å². The molecule has 0 aliphatic carbocycles. The van der Waals surface area contributed by atoms with Gasteiger partial charge in [-0.15, -0.1) is 0 Å². The molecule has 0 saturated carbocycles. The Hall–Kier alpha value is -0.900. The Bertz CT molecular complexity index is 444. The number of hydrogen-bond acceptors (Lipinski definition) is 3. The molecule has 0 unspecified atom stereocenters. The topological polar surface area (TPSA) is 21.7 Å². The van der Waals surface area contributed by atoms with Gasteiger partial charge in [-0.3, -0.25) is 4.90 Å². The minimum Gasteiger partial charge on any atom is -0.348 e. The van der Waals surface area contributed by atoms with Gasteiger partial charge in [0.2, 0.25) is 0 Å². The predicted octanol–water partition coefficient (Wildman–Crippen LogP) is 2.77. The van der Waals surface area contributed by atoms with Gasteiger partial charge in [0.05, 0.1) is 18.8 Å². The summed E-state index contributed by atoms with van der Waals surface area (Å²) in [6.45, 7) is 3.18. The van der Waals surface area contributed by atoms with E-state index in [1.54, 1.807) is 0 Å². The second-order valence-corrected chi connectivity index (χ2v) is 6.29. The number of fused-ring (bicyclic) bond motifs is 2. The number of ether oxygens (including phenoxy) is 2. The molecule has 4 atom stereocenters. The van der Waals surface area contributed by atoms with Gasteiger partial charge in [-0.05, 0) is 37.9 Å². The van der Waals surface area contributed by atoms with Crippen molar-refractivity contribution < 1.29 is 9.47 Å². The SMILES string of the molecule is c1ccc([C@H]2C[C@@H](N3CCCCC3)[C@@H]3OC[C@H]2O3)cc1. The van der Waals surface area contributed by atoms with Crippen LogP contribution in [-0.2, 0) is 9.47 Å². The molecule has 0 spiro atoms. The van der Waals surface area contributed by atoms with E-state index in [0.29, 0.717) is 12.0 Å². The zero-order valence-electron chi connectivity index (χ0n) is 11.9. The highest BCUT2D eigenvalue weighted by atomic mass is 16.7. The number of hydrogen-bond donors (Lipinski definition) is 0. The molecule has 108 valence electrons. The van der Waals surface area contributed by atoms with Crippen molar-refractivity contribution in [2.75, 3.05) is 19.7 Å². The molecular formula is C17H23NO2. The number of nitrogens with zero attached hydrogens (tertiary/aromatic N) is 1. The summed E-state index contributed by atoms with van der Waals surface area (Å²) in [5.41, 5.74) is 1.41. The molecule has 20 heavy (non-hydrogen) atoms. The highest BCUT2D eigenvalue weighted by Gasteiger charge is 2.46. The Morgan fingerprint density at radius 1 is 1.00 bits per heavy atom. The van der Waals surface area contributed by atoms with E-state index in [1.807, 2.05) is 0 Å². The zero-order chi connectivity index (χ0) is 13.4. The largest absolute Gasteiger partial charge is 0.348 e. The van der Waals surface area contributed by atoms with E-state index in [4.69, 9.17) is 9.47 Å². The summed E-state index contributed by atoms with van der Waals surface area (Å²) >= 11 is 0. The van der Waals surface area contributed by atoms with Crippen molar-refractivity contribution in [3.05, 3.63) is 35.9 Å². The van der Waals surface area contributed by atoms with Crippen molar-refractivity contribution in [1.29, 1.82) is 0 Å². The smallest absolute Gasteiger partial charge is 0.173 e. The molecule has 3 fully saturated rings. The number of benzene rings is 1. The van der Waals surface area contributed by atoms with Crippen LogP contribution in [-0.4, -0.2) is 43.0 Å². The first-order valence-electron chi connectivity index (χ1n) is 7.98. The van der Waals surface area contributed by atoms with Crippen molar-refractivity contribution in [1.82, 2.24) is 4.90 Å². The molecule has 0 aromatic heterocycles. The van der Waals surface area contributed by atoms with Crippen molar-refractivity contribution in [3.8, 4) is 0 Å². The predicted molar refractivity (Wildman–Crippen MR) is 77.6 cm³/mol. The monoisotopic (exact) mass is 273 g/mol. The maximum Gasteiger partial charge on any atom is 0.173 e. The molecule has 4 rings (SSSR count). The molecule has 3 heteroatoms. The van der Waals surface area contributed by atoms with Crippen LogP contribution in [0, 0.1) is 0 Å². The Kier molecular flexibility index (Phi) is 3.51. The van der Waals surface area contributed by atoms with E-state index in [9.17, 15) is 0 Å². The first kappa shape index (κ1) is 12.8. The molecule has 2 bridgehead atoms. The Balaban J connectivity index is 1.56. The van der Waals surface area contributed by atoms with Gasteiger partial charge in [-0.1, -0.05) is 36.8 Å². The molecule has 1 aromatic carbocycles. The minimum atomic E-state index is 0.0121. The lowest BCUT2D eigenvalue weighted by atomic mass is 9.85. The Morgan fingerprint density at radius 2 is 1.80 bits per heavy atom. The van der Waals surface area contributed by atoms with Gasteiger partial charge in [-0.25, -0.2) is 0 Å². The molecule has 0 radical (unpaired) electrons. The third kappa shape index (κ3) is 2.28. The van der Waals surface area contributed by atoms with Crippen LogP contribution in [0.1, 0.15) is 37.2 Å². The third-order valence-electron chi connectivity index (χ3n) is 5.08. The van der Waals surface area contributed by atoms with Crippen molar-refractivity contribution in [2.45, 2.75) is 50.0 Å². The fraction of sp³-hybridized carbons (Fsp3) is 0.647. The summed E-state index contributed by atoms with van der Waals surface area (Å²) in [5.74, 6) is 0.488. The van der Waals surface area contributed by atoms with Gasteiger partial charge < -0.3 is 9.47 Å². The number of likely N-dealkylation sites (tertiary alicyclic amines) is 1. The lowest BCUT2D eigenvalue weighted by Crippen LogP contribution is -2.50. The quantitative estimate of drug-likeness (QED) is 0.827. The van der Waals surface area contributed by atoms with Crippen molar-refractivity contribution in [3.63, 3.8) is 0 Å². The highest BCUT2D eigenvalue weighted by Crippen LogP contribution is 2.40. The highest BCUT2D eigenvalue weighted by molar-refractivity contribution is 5.22. The summed E-state index contributed by atoms with van der Waals surface area (Å²) in [5, 5.41) is 0. The minimum absolute atomic E-state index is 0.0121. The van der Waals surface area contributed by atoms with Crippen LogP contribution < -0.4 is 0 Å². The summed E-state index contributed by atoms with van der Waals surface area (Å²) in [4.78, 5) is 2.60. The van der Waals surface area contributed by atoms with E-state index >= 15 is 0 Å². The molecule has 1 aromatic rings. The van der Waals surface area contributed by atoms with Crippen LogP contribution in [0.4, 0.5) is 0 Å². The molecule has 3 saturated heterocycles. The normalized spacial score (nSPS) is 38.0. The maximum absolute atomic E-state index is 6.17. The van der Waals surface area contributed by atoms with E-state index in [1.165, 1.54) is 44.3 Å². The standard InChI is InChI=1S/C17H23NO2/c1-3-7-13(8-4-1)14-11-15(17-19-12-16(14)20-17)18-9-5-2-6-10-18/h1,3-4,7-8,14-17H,2,5-6,9-12H2/t14-,15-,16-,17-/m1/s1. The maximum atomic E-state index is 6.17. The third-order valence-corrected chi connectivity index (χ3v) is 5.08. The zero-order valence-corrected chi connectivity index (χ0v) is 11.9. The summed E-state index contributed by atoms with van der Waals surface area (Å²) in [6, 6.07) is 11.3. The molecule has 3 aliphatic rings. The molecule has 0 N–H and O–H groups in total. The Labute approximate surface area is 120 Å². The van der Waals surface area contributed by atoms with Gasteiger partial charge in [0.15, 0.2) is 6.29 Å². The van der Waals surface area contributed by atoms with Crippen LogP contribution >= 0.6 is 0 Å². The average Bonchev–Trinajstić information content (AvgIpc) is 2.93. The van der Waals surface area contributed by atoms with Crippen LogP contribution in [0.15, 0.2) is 30.3 Å². The fourth-order valence-electron chi connectivity index (χ4n) is 4.00. The molecule has 3 nitrogen and oxygen atoms in total. The van der Waals surface area contributed by atoms with Gasteiger partial charge in [0.1, 0.15) is 0 Å². The second kappa shape index (κ2) is 5.47. The van der Waals surface area contributed by atoms with Crippen LogP contribution in [0.5, 0.6) is 0 Å². The summed E-state index contributed by atoms with van der Waals surface area (Å²) < 4.78 is 12.1. The van der Waals surface area contributed by atoms with Gasteiger partial charge in [0, 0.05) is 5.92 Å². The molecule has 0 amide bonds. The van der Waals surface area contributed by atoms with E-state index in [0.717, 1.165) is 6.61 Å². The lowest BCUT2D eigenvalue weighted by molar-refractivity contribution is -0.141. The molecule has 3 aliphatic heterocycles. The fourth-order valence-corrected chi connectivity index (χ4v) is 4.00. The van der Waals surface area contributed by atoms with Gasteiger partial charge >= 0.3 is 0 Å². The van der Waals surface area contributed by atoms with E-state index in [-0.39, 0.29) is 12.4 Å². The van der Waals surface area contributed by atoms with E-state index in [2.05, 4.69) is 35.2 Å². The molecular weight excluding hydrogens is 250 g/mol. The lowest BCUT2D eigenvalue weighted by Gasteiger charge is -2.42. The average molecular weight is 273 g/mol.